The van der Waals surface area contributed by atoms with Gasteiger partial charge in [0.15, 0.2) is 0 Å². The molecule has 3 rings (SSSR count). The highest BCUT2D eigenvalue weighted by Gasteiger charge is 2.27. The van der Waals surface area contributed by atoms with E-state index >= 15 is 0 Å². The fraction of sp³-hybridized carbons (Fsp3) is 0.400. The number of H-pyrrole nitrogens is 1. The van der Waals surface area contributed by atoms with Crippen LogP contribution in [0.4, 0.5) is 0 Å². The molecule has 4 N–H and O–H groups in total. The topological polar surface area (TPSA) is 129 Å². The summed E-state index contributed by atoms with van der Waals surface area (Å²) in [4.78, 5) is 50.4. The van der Waals surface area contributed by atoms with Gasteiger partial charge in [-0.05, 0) is 43.5 Å². The van der Waals surface area contributed by atoms with Gasteiger partial charge in [-0.25, -0.2) is 0 Å². The third-order valence-corrected chi connectivity index (χ3v) is 4.93. The summed E-state index contributed by atoms with van der Waals surface area (Å²) in [6, 6.07) is 4.66. The van der Waals surface area contributed by atoms with Gasteiger partial charge in [-0.15, -0.1) is 0 Å². The SMILES string of the molecule is COc1cc(C)cc2[nH]c(C(=O)NCC(=O)NC(C=O)CC3CCNC3=O)cc12. The van der Waals surface area contributed by atoms with Gasteiger partial charge in [0.25, 0.3) is 5.91 Å². The molecule has 2 aromatic rings. The number of fused-ring (bicyclic) bond motifs is 1. The van der Waals surface area contributed by atoms with Gasteiger partial charge in [0.1, 0.15) is 17.7 Å². The van der Waals surface area contributed by atoms with Crippen LogP contribution in [0.5, 0.6) is 5.75 Å². The molecule has 1 fully saturated rings. The number of carbonyl (C=O) groups excluding carboxylic acids is 4. The third-order valence-electron chi connectivity index (χ3n) is 4.93. The van der Waals surface area contributed by atoms with Crippen molar-refractivity contribution in [2.45, 2.75) is 25.8 Å². The number of amides is 3. The zero-order valence-corrected chi connectivity index (χ0v) is 16.3. The van der Waals surface area contributed by atoms with Crippen molar-refractivity contribution in [3.63, 3.8) is 0 Å². The fourth-order valence-electron chi connectivity index (χ4n) is 3.47. The van der Waals surface area contributed by atoms with Crippen molar-refractivity contribution < 1.29 is 23.9 Å². The first-order chi connectivity index (χ1) is 13.9. The monoisotopic (exact) mass is 400 g/mol. The summed E-state index contributed by atoms with van der Waals surface area (Å²) in [5, 5.41) is 8.53. The molecule has 1 aliphatic rings. The normalized spacial score (nSPS) is 16.9. The molecule has 1 aliphatic heterocycles. The van der Waals surface area contributed by atoms with E-state index in [4.69, 9.17) is 4.74 Å². The van der Waals surface area contributed by atoms with Crippen LogP contribution in [0.15, 0.2) is 18.2 Å². The quantitative estimate of drug-likeness (QED) is 0.478. The molecule has 9 nitrogen and oxygen atoms in total. The van der Waals surface area contributed by atoms with Crippen LogP contribution in [-0.4, -0.2) is 55.2 Å². The number of nitrogens with one attached hydrogen (secondary N) is 4. The molecule has 0 bridgehead atoms. The number of hydrogen-bond donors (Lipinski definition) is 4. The number of aromatic nitrogens is 1. The maximum absolute atomic E-state index is 12.4. The highest BCUT2D eigenvalue weighted by molar-refractivity contribution is 6.01. The lowest BCUT2D eigenvalue weighted by Gasteiger charge is -2.15. The Morgan fingerprint density at radius 3 is 2.79 bits per heavy atom. The first-order valence-electron chi connectivity index (χ1n) is 9.39. The minimum Gasteiger partial charge on any atom is -0.496 e. The molecule has 0 saturated carbocycles. The zero-order chi connectivity index (χ0) is 21.0. The average molecular weight is 400 g/mol. The van der Waals surface area contributed by atoms with Gasteiger partial charge in [0.2, 0.25) is 11.8 Å². The van der Waals surface area contributed by atoms with Crippen LogP contribution in [0, 0.1) is 12.8 Å². The summed E-state index contributed by atoms with van der Waals surface area (Å²) in [5.74, 6) is -0.696. The Bertz CT molecular complexity index is 952. The fourth-order valence-corrected chi connectivity index (χ4v) is 3.47. The van der Waals surface area contributed by atoms with Gasteiger partial charge >= 0.3 is 0 Å². The number of methoxy groups -OCH3 is 1. The Morgan fingerprint density at radius 1 is 1.34 bits per heavy atom. The lowest BCUT2D eigenvalue weighted by molar-refractivity contribution is -0.125. The molecule has 29 heavy (non-hydrogen) atoms. The van der Waals surface area contributed by atoms with Crippen LogP contribution >= 0.6 is 0 Å². The first-order valence-corrected chi connectivity index (χ1v) is 9.39. The second-order valence-corrected chi connectivity index (χ2v) is 7.12. The number of carbonyl (C=O) groups is 4. The molecule has 154 valence electrons. The molecule has 0 aliphatic carbocycles. The van der Waals surface area contributed by atoms with Crippen molar-refractivity contribution in [2.24, 2.45) is 5.92 Å². The average Bonchev–Trinajstić information content (AvgIpc) is 3.30. The lowest BCUT2D eigenvalue weighted by atomic mass is 9.99. The van der Waals surface area contributed by atoms with E-state index in [9.17, 15) is 19.2 Å². The van der Waals surface area contributed by atoms with Crippen molar-refractivity contribution in [3.05, 3.63) is 29.5 Å². The maximum Gasteiger partial charge on any atom is 0.268 e. The molecule has 0 spiro atoms. The standard InChI is InChI=1S/C20H24N4O5/c1-11-5-15-14(17(6-11)29-2)8-16(24-15)20(28)22-9-18(26)23-13(10-25)7-12-3-4-21-19(12)27/h5-6,8,10,12-13,24H,3-4,7,9H2,1-2H3,(H,21,27)(H,22,28)(H,23,26). The summed E-state index contributed by atoms with van der Waals surface area (Å²) >= 11 is 0. The maximum atomic E-state index is 12.4. The first kappa shape index (κ1) is 20.4. The van der Waals surface area contributed by atoms with Crippen LogP contribution in [0.3, 0.4) is 0 Å². The summed E-state index contributed by atoms with van der Waals surface area (Å²) in [7, 11) is 1.56. The number of aryl methyl sites for hydroxylation is 1. The van der Waals surface area contributed by atoms with Gasteiger partial charge in [-0.3, -0.25) is 14.4 Å². The largest absolute Gasteiger partial charge is 0.496 e. The molecule has 2 unspecified atom stereocenters. The number of hydrogen-bond acceptors (Lipinski definition) is 5. The molecule has 1 aromatic carbocycles. The van der Waals surface area contributed by atoms with E-state index in [2.05, 4.69) is 20.9 Å². The van der Waals surface area contributed by atoms with E-state index in [0.717, 1.165) is 16.5 Å². The number of ether oxygens (including phenoxy) is 1. The Hall–Kier alpha value is -3.36. The summed E-state index contributed by atoms with van der Waals surface area (Å²) < 4.78 is 5.34. The van der Waals surface area contributed by atoms with E-state index in [0.29, 0.717) is 30.7 Å². The molecule has 1 saturated heterocycles. The molecule has 0 radical (unpaired) electrons. The van der Waals surface area contributed by atoms with Crippen molar-refractivity contribution in [1.82, 2.24) is 20.9 Å². The highest BCUT2D eigenvalue weighted by Crippen LogP contribution is 2.28. The Morgan fingerprint density at radius 2 is 2.14 bits per heavy atom. The Labute approximate surface area is 167 Å². The minimum absolute atomic E-state index is 0.108. The lowest BCUT2D eigenvalue weighted by Crippen LogP contribution is -2.44. The van der Waals surface area contributed by atoms with Gasteiger partial charge in [-0.1, -0.05) is 0 Å². The summed E-state index contributed by atoms with van der Waals surface area (Å²) in [5.41, 5.74) is 2.04. The van der Waals surface area contributed by atoms with Crippen LogP contribution in [0.25, 0.3) is 10.9 Å². The van der Waals surface area contributed by atoms with E-state index in [1.54, 1.807) is 13.2 Å². The van der Waals surface area contributed by atoms with Crippen LogP contribution < -0.4 is 20.7 Å². The second kappa shape index (κ2) is 8.76. The van der Waals surface area contributed by atoms with E-state index in [-0.39, 0.29) is 24.8 Å². The van der Waals surface area contributed by atoms with Crippen molar-refractivity contribution >= 4 is 34.9 Å². The number of benzene rings is 1. The molecule has 2 atom stereocenters. The molecule has 2 heterocycles. The van der Waals surface area contributed by atoms with E-state index in [1.165, 1.54) is 0 Å². The van der Waals surface area contributed by atoms with Crippen LogP contribution in [-0.2, 0) is 14.4 Å². The van der Waals surface area contributed by atoms with Gasteiger partial charge in [0.05, 0.1) is 19.7 Å². The minimum atomic E-state index is -0.770. The van der Waals surface area contributed by atoms with Crippen molar-refractivity contribution in [1.29, 1.82) is 0 Å². The van der Waals surface area contributed by atoms with Gasteiger partial charge < -0.3 is 30.5 Å². The second-order valence-electron chi connectivity index (χ2n) is 7.12. The molecule has 9 heteroatoms. The summed E-state index contributed by atoms with van der Waals surface area (Å²) in [6.07, 6.45) is 1.49. The van der Waals surface area contributed by atoms with E-state index in [1.807, 2.05) is 19.1 Å². The van der Waals surface area contributed by atoms with E-state index < -0.39 is 17.9 Å². The summed E-state index contributed by atoms with van der Waals surface area (Å²) in [6.45, 7) is 2.21. The predicted molar refractivity (Wildman–Crippen MR) is 106 cm³/mol. The smallest absolute Gasteiger partial charge is 0.268 e. The third kappa shape index (κ3) is 4.74. The number of aromatic amines is 1. The Balaban J connectivity index is 1.57. The molecule has 1 aromatic heterocycles. The van der Waals surface area contributed by atoms with Crippen LogP contribution in [0.1, 0.15) is 28.9 Å². The van der Waals surface area contributed by atoms with Gasteiger partial charge in [0, 0.05) is 23.4 Å². The Kier molecular flexibility index (Phi) is 6.16. The van der Waals surface area contributed by atoms with Crippen molar-refractivity contribution in [3.8, 4) is 5.75 Å². The van der Waals surface area contributed by atoms with Gasteiger partial charge in [-0.2, -0.15) is 0 Å². The predicted octanol–water partition coefficient (Wildman–Crippen LogP) is 0.425. The molecule has 3 amide bonds. The zero-order valence-electron chi connectivity index (χ0n) is 16.3. The number of aldehydes is 1. The number of rotatable bonds is 8. The molecular formula is C20H24N4O5. The highest BCUT2D eigenvalue weighted by atomic mass is 16.5. The molecular weight excluding hydrogens is 376 g/mol. The van der Waals surface area contributed by atoms with Crippen molar-refractivity contribution in [2.75, 3.05) is 20.2 Å². The van der Waals surface area contributed by atoms with Crippen LogP contribution in [0.2, 0.25) is 0 Å².